The van der Waals surface area contributed by atoms with E-state index < -0.39 is 38.5 Å². The van der Waals surface area contributed by atoms with Gasteiger partial charge in [-0.1, -0.05) is 0 Å². The minimum Gasteiger partial charge on any atom is -0.225 e. The summed E-state index contributed by atoms with van der Waals surface area (Å²) in [6, 6.07) is 1.56. The molecule has 0 radical (unpaired) electrons. The Kier molecular flexibility index (Phi) is 3.16. The first-order valence-electron chi connectivity index (χ1n) is 3.69. The van der Waals surface area contributed by atoms with Crippen LogP contribution in [0.2, 0.25) is 0 Å². The zero-order valence-corrected chi connectivity index (χ0v) is 8.30. The van der Waals surface area contributed by atoms with Gasteiger partial charge in [0.1, 0.15) is 11.0 Å². The highest BCUT2D eigenvalue weighted by molar-refractivity contribution is 7.89. The van der Waals surface area contributed by atoms with Crippen molar-refractivity contribution in [2.45, 2.75) is 11.3 Å². The molecule has 0 spiro atoms. The summed E-state index contributed by atoms with van der Waals surface area (Å²) in [5.74, 6) is -1.60. The number of halogens is 3. The number of primary sulfonamides is 1. The van der Waals surface area contributed by atoms with Crippen LogP contribution in [0.15, 0.2) is 11.0 Å². The first kappa shape index (κ1) is 12.4. The Morgan fingerprint density at radius 2 is 2.06 bits per heavy atom. The SMILES string of the molecule is N#Cc1nc(F)c(C(F)F)cc1S(N)(=O)=O. The topological polar surface area (TPSA) is 96.8 Å². The van der Waals surface area contributed by atoms with Crippen LogP contribution >= 0.6 is 0 Å². The molecular weight excluding hydrogens is 247 g/mol. The van der Waals surface area contributed by atoms with Gasteiger partial charge in [0, 0.05) is 0 Å². The van der Waals surface area contributed by atoms with E-state index >= 15 is 0 Å². The van der Waals surface area contributed by atoms with Crippen LogP contribution in [0.5, 0.6) is 0 Å². The molecule has 0 amide bonds. The fourth-order valence-corrected chi connectivity index (χ4v) is 1.59. The van der Waals surface area contributed by atoms with Crippen molar-refractivity contribution < 1.29 is 21.6 Å². The number of hydrogen-bond acceptors (Lipinski definition) is 4. The number of sulfonamides is 1. The molecule has 1 heterocycles. The van der Waals surface area contributed by atoms with Gasteiger partial charge < -0.3 is 0 Å². The molecular formula is C7H4F3N3O2S. The van der Waals surface area contributed by atoms with Gasteiger partial charge in [0.25, 0.3) is 6.43 Å². The zero-order valence-electron chi connectivity index (χ0n) is 7.49. The van der Waals surface area contributed by atoms with E-state index in [2.05, 4.69) is 10.1 Å². The Morgan fingerprint density at radius 1 is 1.50 bits per heavy atom. The van der Waals surface area contributed by atoms with Crippen LogP contribution in [0.4, 0.5) is 13.2 Å². The van der Waals surface area contributed by atoms with Crippen molar-refractivity contribution >= 4 is 10.0 Å². The van der Waals surface area contributed by atoms with E-state index in [-0.39, 0.29) is 0 Å². The number of hydrogen-bond donors (Lipinski definition) is 1. The summed E-state index contributed by atoms with van der Waals surface area (Å²) < 4.78 is 59.2. The summed E-state index contributed by atoms with van der Waals surface area (Å²) >= 11 is 0. The average molecular weight is 251 g/mol. The molecule has 2 N–H and O–H groups in total. The maximum atomic E-state index is 12.9. The second-order valence-electron chi connectivity index (χ2n) is 2.67. The molecule has 0 saturated carbocycles. The Morgan fingerprint density at radius 3 is 2.44 bits per heavy atom. The predicted molar refractivity (Wildman–Crippen MR) is 45.2 cm³/mol. The molecule has 1 aromatic rings. The van der Waals surface area contributed by atoms with E-state index in [4.69, 9.17) is 5.26 Å². The van der Waals surface area contributed by atoms with Crippen LogP contribution < -0.4 is 5.14 Å². The van der Waals surface area contributed by atoms with Gasteiger partial charge in [0.15, 0.2) is 5.69 Å². The average Bonchev–Trinajstić information content (AvgIpc) is 2.14. The summed E-state index contributed by atoms with van der Waals surface area (Å²) in [7, 11) is -4.40. The highest BCUT2D eigenvalue weighted by Gasteiger charge is 2.23. The van der Waals surface area contributed by atoms with Gasteiger partial charge in [0.05, 0.1) is 5.56 Å². The summed E-state index contributed by atoms with van der Waals surface area (Å²) in [6.45, 7) is 0. The molecule has 0 unspecified atom stereocenters. The summed E-state index contributed by atoms with van der Waals surface area (Å²) in [5.41, 5.74) is -2.08. The van der Waals surface area contributed by atoms with Gasteiger partial charge in [-0.25, -0.2) is 27.3 Å². The number of aromatic nitrogens is 1. The van der Waals surface area contributed by atoms with Crippen LogP contribution in [0.3, 0.4) is 0 Å². The van der Waals surface area contributed by atoms with Crippen LogP contribution in [0.25, 0.3) is 0 Å². The lowest BCUT2D eigenvalue weighted by Gasteiger charge is -2.05. The normalized spacial score (nSPS) is 11.5. The predicted octanol–water partition coefficient (Wildman–Crippen LogP) is 0.677. The Bertz CT molecular complexity index is 565. The third-order valence-electron chi connectivity index (χ3n) is 1.62. The largest absolute Gasteiger partial charge is 0.268 e. The molecule has 0 aliphatic carbocycles. The molecule has 0 aromatic carbocycles. The number of rotatable bonds is 2. The number of nitrogens with zero attached hydrogens (tertiary/aromatic N) is 2. The molecule has 0 fully saturated rings. The zero-order chi connectivity index (χ0) is 12.5. The molecule has 1 rings (SSSR count). The Labute approximate surface area is 88.4 Å². The molecule has 9 heteroatoms. The van der Waals surface area contributed by atoms with Gasteiger partial charge >= 0.3 is 0 Å². The molecule has 0 bridgehead atoms. The fraction of sp³-hybridized carbons (Fsp3) is 0.143. The third-order valence-corrected chi connectivity index (χ3v) is 2.54. The molecule has 0 saturated heterocycles. The number of pyridine rings is 1. The highest BCUT2D eigenvalue weighted by atomic mass is 32.2. The van der Waals surface area contributed by atoms with Gasteiger partial charge in [-0.2, -0.15) is 9.65 Å². The molecule has 0 atom stereocenters. The molecule has 16 heavy (non-hydrogen) atoms. The van der Waals surface area contributed by atoms with Crippen LogP contribution in [0, 0.1) is 17.3 Å². The standard InChI is InChI=1S/C7H4F3N3O2S/c8-6(9)3-1-5(16(12,14)15)4(2-11)13-7(3)10/h1,6H,(H2,12,14,15). The number of nitrogens with two attached hydrogens (primary N) is 1. The van der Waals surface area contributed by atoms with Crippen molar-refractivity contribution in [1.29, 1.82) is 5.26 Å². The molecule has 86 valence electrons. The van der Waals surface area contributed by atoms with Gasteiger partial charge in [-0.3, -0.25) is 0 Å². The Balaban J connectivity index is 3.62. The highest BCUT2D eigenvalue weighted by Crippen LogP contribution is 2.24. The second-order valence-corrected chi connectivity index (χ2v) is 4.20. The molecule has 0 aliphatic rings. The van der Waals surface area contributed by atoms with E-state index in [1.165, 1.54) is 6.07 Å². The van der Waals surface area contributed by atoms with E-state index in [0.717, 1.165) is 0 Å². The maximum absolute atomic E-state index is 12.9. The monoisotopic (exact) mass is 251 g/mol. The minimum absolute atomic E-state index is 0.306. The maximum Gasteiger partial charge on any atom is 0.268 e. The van der Waals surface area contributed by atoms with Crippen LogP contribution in [-0.4, -0.2) is 13.4 Å². The Hall–Kier alpha value is -1.66. The van der Waals surface area contributed by atoms with E-state index in [1.807, 2.05) is 0 Å². The van der Waals surface area contributed by atoms with Crippen LogP contribution in [0.1, 0.15) is 17.7 Å². The van der Waals surface area contributed by atoms with Gasteiger partial charge in [-0.15, -0.1) is 0 Å². The second kappa shape index (κ2) is 4.07. The lowest BCUT2D eigenvalue weighted by atomic mass is 10.2. The minimum atomic E-state index is -4.40. The molecule has 0 aliphatic heterocycles. The van der Waals surface area contributed by atoms with Crippen molar-refractivity contribution in [2.75, 3.05) is 0 Å². The van der Waals surface area contributed by atoms with E-state index in [1.54, 1.807) is 0 Å². The number of nitriles is 1. The lowest BCUT2D eigenvalue weighted by molar-refractivity contribution is 0.144. The first-order valence-corrected chi connectivity index (χ1v) is 5.23. The number of alkyl halides is 2. The smallest absolute Gasteiger partial charge is 0.225 e. The van der Waals surface area contributed by atoms with Gasteiger partial charge in [0.2, 0.25) is 16.0 Å². The summed E-state index contributed by atoms with van der Waals surface area (Å²) in [6.07, 6.45) is -3.25. The van der Waals surface area contributed by atoms with Crippen molar-refractivity contribution in [3.05, 3.63) is 23.3 Å². The van der Waals surface area contributed by atoms with E-state index in [9.17, 15) is 21.6 Å². The van der Waals surface area contributed by atoms with E-state index in [0.29, 0.717) is 6.07 Å². The van der Waals surface area contributed by atoms with Crippen LogP contribution in [-0.2, 0) is 10.0 Å². The molecule has 5 nitrogen and oxygen atoms in total. The first-order chi connectivity index (χ1) is 7.27. The third kappa shape index (κ3) is 2.29. The quantitative estimate of drug-likeness (QED) is 0.781. The van der Waals surface area contributed by atoms with Gasteiger partial charge in [-0.05, 0) is 6.07 Å². The van der Waals surface area contributed by atoms with Crippen molar-refractivity contribution in [2.24, 2.45) is 5.14 Å². The van der Waals surface area contributed by atoms with Crippen molar-refractivity contribution in [3.8, 4) is 6.07 Å². The summed E-state index contributed by atoms with van der Waals surface area (Å²) in [4.78, 5) is 1.89. The lowest BCUT2D eigenvalue weighted by Crippen LogP contribution is -2.16. The fourth-order valence-electron chi connectivity index (χ4n) is 0.937. The summed E-state index contributed by atoms with van der Waals surface area (Å²) in [5, 5.41) is 13.1. The van der Waals surface area contributed by atoms with Crippen molar-refractivity contribution in [3.63, 3.8) is 0 Å². The molecule has 1 aromatic heterocycles. The van der Waals surface area contributed by atoms with Crippen molar-refractivity contribution in [1.82, 2.24) is 4.98 Å².